The number of ether oxygens (including phenoxy) is 1. The molecule has 2 aromatic rings. The zero-order valence-electron chi connectivity index (χ0n) is 22.8. The molecule has 0 aromatic carbocycles. The summed E-state index contributed by atoms with van der Waals surface area (Å²) in [5.41, 5.74) is 1.40. The summed E-state index contributed by atoms with van der Waals surface area (Å²) in [5, 5.41) is 0. The largest absolute Gasteiger partial charge is 0.419 e. The van der Waals surface area contributed by atoms with Crippen molar-refractivity contribution in [3.05, 3.63) is 60.1 Å². The van der Waals surface area contributed by atoms with Crippen LogP contribution in [0.1, 0.15) is 38.6 Å². The van der Waals surface area contributed by atoms with Gasteiger partial charge in [0.05, 0.1) is 18.8 Å². The first-order chi connectivity index (χ1) is 18.7. The van der Waals surface area contributed by atoms with Crippen molar-refractivity contribution < 1.29 is 17.9 Å². The van der Waals surface area contributed by atoms with E-state index in [2.05, 4.69) is 42.5 Å². The predicted molar refractivity (Wildman–Crippen MR) is 148 cm³/mol. The third-order valence-electron chi connectivity index (χ3n) is 7.01. The summed E-state index contributed by atoms with van der Waals surface area (Å²) in [4.78, 5) is 24.2. The lowest BCUT2D eigenvalue weighted by molar-refractivity contribution is -0.137. The summed E-state index contributed by atoms with van der Waals surface area (Å²) in [6.45, 7) is 14.5. The second-order valence-electron chi connectivity index (χ2n) is 9.79. The van der Waals surface area contributed by atoms with Gasteiger partial charge in [0.1, 0.15) is 5.82 Å². The smallest absolute Gasteiger partial charge is 0.378 e. The maximum atomic E-state index is 13.6. The number of rotatable bonds is 8. The van der Waals surface area contributed by atoms with E-state index in [1.54, 1.807) is 11.0 Å². The zero-order valence-corrected chi connectivity index (χ0v) is 22.8. The van der Waals surface area contributed by atoms with E-state index in [1.807, 2.05) is 11.8 Å². The number of alkyl halides is 3. The number of anilines is 3. The summed E-state index contributed by atoms with van der Waals surface area (Å²) in [6, 6.07) is 2.39. The Balaban J connectivity index is 1.61. The second-order valence-corrected chi connectivity index (χ2v) is 9.79. The van der Waals surface area contributed by atoms with Gasteiger partial charge in [-0.25, -0.2) is 4.98 Å². The molecular weight excluding hydrogens is 507 g/mol. The van der Waals surface area contributed by atoms with Crippen molar-refractivity contribution in [3.63, 3.8) is 0 Å². The summed E-state index contributed by atoms with van der Waals surface area (Å²) < 4.78 is 46.2. The van der Waals surface area contributed by atoms with Crippen LogP contribution in [-0.2, 0) is 10.9 Å². The van der Waals surface area contributed by atoms with Crippen LogP contribution in [-0.4, -0.2) is 72.4 Å². The van der Waals surface area contributed by atoms with Crippen molar-refractivity contribution >= 4 is 23.3 Å². The number of hydrogen-bond donors (Lipinski definition) is 0. The van der Waals surface area contributed by atoms with Crippen LogP contribution in [0.25, 0.3) is 5.57 Å². The lowest BCUT2D eigenvalue weighted by Crippen LogP contribution is -2.48. The number of aromatic nitrogens is 4. The molecule has 4 rings (SSSR count). The Hall–Kier alpha value is -3.47. The second kappa shape index (κ2) is 12.6. The molecule has 8 nitrogen and oxygen atoms in total. The lowest BCUT2D eigenvalue weighted by atomic mass is 9.98. The van der Waals surface area contributed by atoms with Crippen molar-refractivity contribution in [1.82, 2.24) is 19.9 Å². The molecule has 2 aliphatic rings. The SMILES string of the molecule is C=CC(=CC/C(=C\C)C(C)C)c1nc(N2CCOCC2)nc(N2CCN(c3ncccc3C(F)(F)F)CC2)n1. The highest BCUT2D eigenvalue weighted by atomic mass is 19.4. The standard InChI is InChI=1S/C28H36F3N7O/c1-5-21(20(3)4)9-10-22(6-2)24-33-26(35-27(34-24)38-16-18-39-19-17-38)37-14-12-36(13-15-37)25-23(28(29,30)31)8-7-11-32-25/h5-8,10-11,20H,2,9,12-19H2,1,3-4H3/b21-5+,22-10?. The van der Waals surface area contributed by atoms with Crippen LogP contribution >= 0.6 is 0 Å². The van der Waals surface area contributed by atoms with Gasteiger partial charge in [-0.3, -0.25) is 0 Å². The Morgan fingerprint density at radius 2 is 1.62 bits per heavy atom. The highest BCUT2D eigenvalue weighted by Gasteiger charge is 2.36. The molecule has 0 saturated carbocycles. The molecule has 0 atom stereocenters. The molecule has 11 heteroatoms. The quantitative estimate of drug-likeness (QED) is 0.340. The molecular formula is C28H36F3N7O. The van der Waals surface area contributed by atoms with E-state index < -0.39 is 11.7 Å². The van der Waals surface area contributed by atoms with E-state index in [-0.39, 0.29) is 5.82 Å². The van der Waals surface area contributed by atoms with Gasteiger partial charge in [-0.1, -0.05) is 44.2 Å². The molecule has 2 saturated heterocycles. The van der Waals surface area contributed by atoms with Gasteiger partial charge in [-0.15, -0.1) is 0 Å². The monoisotopic (exact) mass is 543 g/mol. The van der Waals surface area contributed by atoms with Gasteiger partial charge in [0.2, 0.25) is 11.9 Å². The van der Waals surface area contributed by atoms with Crippen molar-refractivity contribution in [2.24, 2.45) is 5.92 Å². The maximum Gasteiger partial charge on any atom is 0.419 e. The summed E-state index contributed by atoms with van der Waals surface area (Å²) >= 11 is 0. The number of piperazine rings is 1. The molecule has 0 bridgehead atoms. The Morgan fingerprint density at radius 3 is 2.18 bits per heavy atom. The first kappa shape index (κ1) is 28.5. The van der Waals surface area contributed by atoms with E-state index in [4.69, 9.17) is 19.7 Å². The number of allylic oxidation sites excluding steroid dienone is 5. The minimum atomic E-state index is -4.47. The van der Waals surface area contributed by atoms with Crippen molar-refractivity contribution in [1.29, 1.82) is 0 Å². The maximum absolute atomic E-state index is 13.6. The average Bonchev–Trinajstić information content (AvgIpc) is 2.95. The molecule has 0 radical (unpaired) electrons. The van der Waals surface area contributed by atoms with Crippen LogP contribution in [0.2, 0.25) is 0 Å². The fourth-order valence-electron chi connectivity index (χ4n) is 4.70. The van der Waals surface area contributed by atoms with E-state index >= 15 is 0 Å². The van der Waals surface area contributed by atoms with Crippen LogP contribution in [0, 0.1) is 5.92 Å². The molecule has 0 N–H and O–H groups in total. The number of nitrogens with zero attached hydrogens (tertiary/aromatic N) is 7. The highest BCUT2D eigenvalue weighted by Crippen LogP contribution is 2.35. The Bertz CT molecular complexity index is 1200. The summed E-state index contributed by atoms with van der Waals surface area (Å²) in [7, 11) is 0. The van der Waals surface area contributed by atoms with Gasteiger partial charge in [0, 0.05) is 51.0 Å². The molecule has 2 aliphatic heterocycles. The van der Waals surface area contributed by atoms with Gasteiger partial charge in [-0.2, -0.15) is 28.1 Å². The Labute approximate surface area is 227 Å². The molecule has 2 aromatic heterocycles. The summed E-state index contributed by atoms with van der Waals surface area (Å²) in [6.07, 6.45) is 3.66. The van der Waals surface area contributed by atoms with Crippen LogP contribution in [0.15, 0.2) is 48.7 Å². The molecule has 210 valence electrons. The van der Waals surface area contributed by atoms with Crippen LogP contribution in [0.4, 0.5) is 30.9 Å². The fraction of sp³-hybridized carbons (Fsp3) is 0.500. The Morgan fingerprint density at radius 1 is 1.00 bits per heavy atom. The van der Waals surface area contributed by atoms with Gasteiger partial charge < -0.3 is 19.4 Å². The average molecular weight is 544 g/mol. The zero-order chi connectivity index (χ0) is 28.0. The number of halogens is 3. The first-order valence-electron chi connectivity index (χ1n) is 13.3. The number of morpholine rings is 1. The Kier molecular flexibility index (Phi) is 9.21. The molecule has 0 spiro atoms. The topological polar surface area (TPSA) is 70.5 Å². The fourth-order valence-corrected chi connectivity index (χ4v) is 4.70. The molecule has 0 amide bonds. The van der Waals surface area contributed by atoms with Gasteiger partial charge in [0.25, 0.3) is 0 Å². The van der Waals surface area contributed by atoms with E-state index in [9.17, 15) is 13.2 Å². The number of pyridine rings is 1. The van der Waals surface area contributed by atoms with E-state index in [0.717, 1.165) is 18.1 Å². The van der Waals surface area contributed by atoms with Crippen LogP contribution < -0.4 is 14.7 Å². The first-order valence-corrected chi connectivity index (χ1v) is 13.3. The van der Waals surface area contributed by atoms with Crippen molar-refractivity contribution in [2.45, 2.75) is 33.4 Å². The number of hydrogen-bond acceptors (Lipinski definition) is 8. The van der Waals surface area contributed by atoms with Crippen LogP contribution in [0.5, 0.6) is 0 Å². The predicted octanol–water partition coefficient (Wildman–Crippen LogP) is 5.01. The lowest BCUT2D eigenvalue weighted by Gasteiger charge is -2.36. The van der Waals surface area contributed by atoms with Gasteiger partial charge in [-0.05, 0) is 31.4 Å². The van der Waals surface area contributed by atoms with Gasteiger partial charge in [0.15, 0.2) is 5.82 Å². The normalized spacial score (nSPS) is 17.7. The third-order valence-corrected chi connectivity index (χ3v) is 7.01. The minimum absolute atomic E-state index is 0.0446. The molecule has 0 aliphatic carbocycles. The molecule has 39 heavy (non-hydrogen) atoms. The molecule has 0 unspecified atom stereocenters. The molecule has 4 heterocycles. The van der Waals surface area contributed by atoms with Crippen molar-refractivity contribution in [2.75, 3.05) is 67.2 Å². The highest BCUT2D eigenvalue weighted by molar-refractivity contribution is 5.70. The van der Waals surface area contributed by atoms with Gasteiger partial charge >= 0.3 is 6.18 Å². The van der Waals surface area contributed by atoms with E-state index in [1.165, 1.54) is 17.8 Å². The third kappa shape index (κ3) is 6.95. The summed E-state index contributed by atoms with van der Waals surface area (Å²) in [5.74, 6) is 1.97. The molecule has 2 fully saturated rings. The van der Waals surface area contributed by atoms with Crippen molar-refractivity contribution in [3.8, 4) is 0 Å². The van der Waals surface area contributed by atoms with E-state index in [0.29, 0.717) is 76.1 Å². The minimum Gasteiger partial charge on any atom is -0.378 e. The van der Waals surface area contributed by atoms with Crippen LogP contribution in [0.3, 0.4) is 0 Å².